The number of ether oxygens (including phenoxy) is 1. The molecule has 0 N–H and O–H groups in total. The van der Waals surface area contributed by atoms with Crippen molar-refractivity contribution in [3.63, 3.8) is 0 Å². The highest BCUT2D eigenvalue weighted by molar-refractivity contribution is 7.89. The summed E-state index contributed by atoms with van der Waals surface area (Å²) >= 11 is 0. The third-order valence-corrected chi connectivity index (χ3v) is 8.27. The Morgan fingerprint density at radius 3 is 2.50 bits per heavy atom. The molecule has 1 aromatic carbocycles. The fourth-order valence-corrected chi connectivity index (χ4v) is 6.25. The van der Waals surface area contributed by atoms with E-state index in [1.807, 2.05) is 37.7 Å². The highest BCUT2D eigenvalue weighted by Gasteiger charge is 2.43. The van der Waals surface area contributed by atoms with Gasteiger partial charge < -0.3 is 14.5 Å². The first kappa shape index (κ1) is 23.0. The van der Waals surface area contributed by atoms with Gasteiger partial charge in [0, 0.05) is 38.5 Å². The molecule has 0 aliphatic carbocycles. The van der Waals surface area contributed by atoms with E-state index < -0.39 is 10.0 Å². The minimum atomic E-state index is -3.69. The fraction of sp³-hybridized carbons (Fsp3) is 0.682. The Balaban J connectivity index is 1.93. The van der Waals surface area contributed by atoms with E-state index in [2.05, 4.69) is 0 Å². The Morgan fingerprint density at radius 1 is 1.17 bits per heavy atom. The Bertz CT molecular complexity index is 839. The molecule has 7 nitrogen and oxygen atoms in total. The van der Waals surface area contributed by atoms with Crippen LogP contribution in [0.5, 0.6) is 5.75 Å². The van der Waals surface area contributed by atoms with E-state index in [-0.39, 0.29) is 28.9 Å². The quantitative estimate of drug-likeness (QED) is 0.684. The molecular weight excluding hydrogens is 402 g/mol. The van der Waals surface area contributed by atoms with Crippen molar-refractivity contribution in [1.82, 2.24) is 14.1 Å². The maximum absolute atomic E-state index is 13.6. The molecule has 2 aliphatic rings. The molecule has 1 amide bonds. The summed E-state index contributed by atoms with van der Waals surface area (Å²) in [4.78, 5) is 17.1. The highest BCUT2D eigenvalue weighted by Crippen LogP contribution is 2.36. The number of nitrogens with zero attached hydrogens (tertiary/aromatic N) is 3. The van der Waals surface area contributed by atoms with Crippen LogP contribution < -0.4 is 4.74 Å². The van der Waals surface area contributed by atoms with Gasteiger partial charge in [-0.1, -0.05) is 26.0 Å². The number of carbonyl (C=O) groups excluding carboxylic acids is 1. The number of sulfonamides is 1. The molecule has 1 aromatic rings. The third kappa shape index (κ3) is 4.65. The number of hydrogen-bond acceptors (Lipinski definition) is 5. The van der Waals surface area contributed by atoms with Gasteiger partial charge in [-0.25, -0.2) is 8.42 Å². The molecular formula is C22H35N3O4S. The SMILES string of the molecule is CCC(CC)C(=O)N1CC[C@@H]2[C@@H](CC1)Oc1ccccc1S(=O)(=O)N2CCN(C)C. The number of para-hydroxylation sites is 1. The molecule has 0 radical (unpaired) electrons. The van der Waals surface area contributed by atoms with Gasteiger partial charge in [0.05, 0.1) is 6.04 Å². The number of carbonyl (C=O) groups is 1. The van der Waals surface area contributed by atoms with Gasteiger partial charge >= 0.3 is 0 Å². The van der Waals surface area contributed by atoms with Gasteiger partial charge in [0.25, 0.3) is 0 Å². The Hall–Kier alpha value is -1.64. The molecule has 1 saturated heterocycles. The first-order valence-corrected chi connectivity index (χ1v) is 12.4. The highest BCUT2D eigenvalue weighted by atomic mass is 32.2. The summed E-state index contributed by atoms with van der Waals surface area (Å²) in [6.07, 6.45) is 2.58. The first-order chi connectivity index (χ1) is 14.3. The second-order valence-corrected chi connectivity index (χ2v) is 10.4. The predicted octanol–water partition coefficient (Wildman–Crippen LogP) is 2.43. The maximum Gasteiger partial charge on any atom is 0.247 e. The first-order valence-electron chi connectivity index (χ1n) is 11.0. The van der Waals surface area contributed by atoms with E-state index in [1.54, 1.807) is 28.6 Å². The summed E-state index contributed by atoms with van der Waals surface area (Å²) in [5.41, 5.74) is 0. The number of likely N-dealkylation sites (N-methyl/N-ethyl adjacent to an activating group) is 1. The van der Waals surface area contributed by atoms with E-state index in [1.165, 1.54) is 0 Å². The molecule has 2 atom stereocenters. The summed E-state index contributed by atoms with van der Waals surface area (Å²) < 4.78 is 35.0. The van der Waals surface area contributed by atoms with Crippen LogP contribution in [0.15, 0.2) is 29.2 Å². The van der Waals surface area contributed by atoms with Gasteiger partial charge in [-0.3, -0.25) is 4.79 Å². The lowest BCUT2D eigenvalue weighted by molar-refractivity contribution is -0.135. The third-order valence-electron chi connectivity index (χ3n) is 6.31. The molecule has 2 aliphatic heterocycles. The summed E-state index contributed by atoms with van der Waals surface area (Å²) in [6.45, 7) is 6.27. The molecule has 0 saturated carbocycles. The van der Waals surface area contributed by atoms with Crippen molar-refractivity contribution in [3.05, 3.63) is 24.3 Å². The maximum atomic E-state index is 13.6. The topological polar surface area (TPSA) is 70.2 Å². The smallest absolute Gasteiger partial charge is 0.247 e. The van der Waals surface area contributed by atoms with Crippen LogP contribution in [0.4, 0.5) is 0 Å². The number of amides is 1. The van der Waals surface area contributed by atoms with Crippen molar-refractivity contribution in [2.75, 3.05) is 40.3 Å². The second-order valence-electron chi connectivity index (χ2n) is 8.51. The van der Waals surface area contributed by atoms with E-state index in [0.717, 1.165) is 12.8 Å². The van der Waals surface area contributed by atoms with Crippen molar-refractivity contribution in [2.24, 2.45) is 5.92 Å². The van der Waals surface area contributed by atoms with Crippen LogP contribution in [-0.2, 0) is 14.8 Å². The Morgan fingerprint density at radius 2 is 1.83 bits per heavy atom. The molecule has 3 rings (SSSR count). The zero-order valence-corrected chi connectivity index (χ0v) is 19.4. The molecule has 8 heteroatoms. The van der Waals surface area contributed by atoms with E-state index in [9.17, 15) is 13.2 Å². The zero-order chi connectivity index (χ0) is 21.9. The van der Waals surface area contributed by atoms with Crippen LogP contribution in [0.1, 0.15) is 39.5 Å². The van der Waals surface area contributed by atoms with Crippen molar-refractivity contribution in [3.8, 4) is 5.75 Å². The summed E-state index contributed by atoms with van der Waals surface area (Å²) in [5.74, 6) is 0.627. The van der Waals surface area contributed by atoms with Crippen LogP contribution in [0.2, 0.25) is 0 Å². The lowest BCUT2D eigenvalue weighted by Gasteiger charge is -2.32. The molecule has 0 aromatic heterocycles. The van der Waals surface area contributed by atoms with Gasteiger partial charge in [0.1, 0.15) is 16.7 Å². The zero-order valence-electron chi connectivity index (χ0n) is 18.6. The largest absolute Gasteiger partial charge is 0.487 e. The van der Waals surface area contributed by atoms with Crippen LogP contribution in [0, 0.1) is 5.92 Å². The van der Waals surface area contributed by atoms with Gasteiger partial charge in [0.15, 0.2) is 0 Å². The van der Waals surface area contributed by atoms with Gasteiger partial charge in [-0.15, -0.1) is 0 Å². The lowest BCUT2D eigenvalue weighted by atomic mass is 10.0. The average Bonchev–Trinajstić information content (AvgIpc) is 2.96. The standard InChI is InChI=1S/C22H35N3O4S/c1-5-17(6-2)22(26)24-13-11-18-19(12-14-24)29-20-9-7-8-10-21(20)30(27,28)25(18)16-15-23(3)4/h7-10,17-19H,5-6,11-16H2,1-4H3/t18-,19-/m1/s1. The van der Waals surface area contributed by atoms with Crippen molar-refractivity contribution >= 4 is 15.9 Å². The number of fused-ring (bicyclic) bond motifs is 2. The summed E-state index contributed by atoms with van der Waals surface area (Å²) in [5, 5.41) is 0. The monoisotopic (exact) mass is 437 g/mol. The number of hydrogen-bond donors (Lipinski definition) is 0. The minimum absolute atomic E-state index is 0.0307. The molecule has 168 valence electrons. The van der Waals surface area contributed by atoms with Crippen LogP contribution >= 0.6 is 0 Å². The predicted molar refractivity (Wildman–Crippen MR) is 117 cm³/mol. The normalized spacial score (nSPS) is 24.0. The van der Waals surface area contributed by atoms with Crippen molar-refractivity contribution in [1.29, 1.82) is 0 Å². The molecule has 0 bridgehead atoms. The number of likely N-dealkylation sites (tertiary alicyclic amines) is 1. The average molecular weight is 438 g/mol. The number of rotatable bonds is 6. The molecule has 1 fully saturated rings. The Kier molecular flexibility index (Phi) is 7.42. The molecule has 0 spiro atoms. The molecule has 2 heterocycles. The molecule has 30 heavy (non-hydrogen) atoms. The lowest BCUT2D eigenvalue weighted by Crippen LogP contribution is -2.49. The van der Waals surface area contributed by atoms with Crippen molar-refractivity contribution < 1.29 is 17.9 Å². The minimum Gasteiger partial charge on any atom is -0.487 e. The Labute approximate surface area is 181 Å². The van der Waals surface area contributed by atoms with Crippen molar-refractivity contribution in [2.45, 2.75) is 56.6 Å². The summed E-state index contributed by atoms with van der Waals surface area (Å²) in [6, 6.07) is 6.61. The number of benzene rings is 1. The van der Waals surface area contributed by atoms with Gasteiger partial charge in [-0.2, -0.15) is 4.31 Å². The second kappa shape index (κ2) is 9.66. The van der Waals surface area contributed by atoms with E-state index in [4.69, 9.17) is 4.74 Å². The fourth-order valence-electron chi connectivity index (χ4n) is 4.46. The van der Waals surface area contributed by atoms with E-state index in [0.29, 0.717) is 44.8 Å². The molecule has 0 unspecified atom stereocenters. The van der Waals surface area contributed by atoms with Gasteiger partial charge in [-0.05, 0) is 45.5 Å². The van der Waals surface area contributed by atoms with E-state index >= 15 is 0 Å². The van der Waals surface area contributed by atoms with Crippen LogP contribution in [-0.4, -0.2) is 80.9 Å². The van der Waals surface area contributed by atoms with Crippen LogP contribution in [0.25, 0.3) is 0 Å². The van der Waals surface area contributed by atoms with Gasteiger partial charge in [0.2, 0.25) is 15.9 Å². The summed E-state index contributed by atoms with van der Waals surface area (Å²) in [7, 11) is 0.193. The van der Waals surface area contributed by atoms with Crippen LogP contribution in [0.3, 0.4) is 0 Å².